The Morgan fingerprint density at radius 2 is 1.77 bits per heavy atom. The average molecular weight is 380 g/mol. The van der Waals surface area contributed by atoms with Crippen molar-refractivity contribution in [3.63, 3.8) is 0 Å². The van der Waals surface area contributed by atoms with Crippen LogP contribution in [0.2, 0.25) is 0 Å². The van der Waals surface area contributed by atoms with Crippen molar-refractivity contribution < 1.29 is 13.2 Å². The van der Waals surface area contributed by atoms with Crippen LogP contribution in [-0.2, 0) is 17.1 Å². The summed E-state index contributed by atoms with van der Waals surface area (Å²) >= 11 is 0. The predicted molar refractivity (Wildman–Crippen MR) is 99.2 cm³/mol. The molecule has 4 saturated carbocycles. The molecule has 0 aromatic carbocycles. The SMILES string of the molecule is CNS(=O)(=O)c1cc(C(=O)NCCC23CC4CC(CC(C4)C2)C3)n(C)c1. The normalized spacial score (nSPS) is 32.8. The molecule has 4 bridgehead atoms. The largest absolute Gasteiger partial charge is 0.351 e. The molecule has 26 heavy (non-hydrogen) atoms. The molecular formula is C19H29N3O3S. The van der Waals surface area contributed by atoms with Crippen LogP contribution in [-0.4, -0.2) is 32.5 Å². The van der Waals surface area contributed by atoms with Crippen molar-refractivity contribution in [1.29, 1.82) is 0 Å². The maximum Gasteiger partial charge on any atom is 0.267 e. The van der Waals surface area contributed by atoms with Crippen molar-refractivity contribution in [2.75, 3.05) is 13.6 Å². The molecule has 0 atom stereocenters. The van der Waals surface area contributed by atoms with Gasteiger partial charge in [0.2, 0.25) is 10.0 Å². The van der Waals surface area contributed by atoms with Crippen LogP contribution in [0.3, 0.4) is 0 Å². The van der Waals surface area contributed by atoms with E-state index in [4.69, 9.17) is 0 Å². The number of rotatable bonds is 6. The highest BCUT2D eigenvalue weighted by Crippen LogP contribution is 2.61. The van der Waals surface area contributed by atoms with Crippen LogP contribution >= 0.6 is 0 Å². The van der Waals surface area contributed by atoms with Gasteiger partial charge in [-0.25, -0.2) is 13.1 Å². The molecule has 0 radical (unpaired) electrons. The number of sulfonamides is 1. The number of carbonyl (C=O) groups is 1. The fraction of sp³-hybridized carbons (Fsp3) is 0.737. The second kappa shape index (κ2) is 6.37. The van der Waals surface area contributed by atoms with Gasteiger partial charge in [0.05, 0.1) is 0 Å². The van der Waals surface area contributed by atoms with Gasteiger partial charge in [0, 0.05) is 19.8 Å². The van der Waals surface area contributed by atoms with Crippen LogP contribution in [0.1, 0.15) is 55.4 Å². The molecule has 0 aliphatic heterocycles. The third kappa shape index (κ3) is 3.20. The Labute approximate surface area is 155 Å². The number of carbonyl (C=O) groups excluding carboxylic acids is 1. The van der Waals surface area contributed by atoms with E-state index >= 15 is 0 Å². The van der Waals surface area contributed by atoms with E-state index in [9.17, 15) is 13.2 Å². The molecule has 6 nitrogen and oxygen atoms in total. The van der Waals surface area contributed by atoms with Crippen molar-refractivity contribution in [2.45, 2.75) is 49.8 Å². The number of amides is 1. The van der Waals surface area contributed by atoms with Crippen LogP contribution < -0.4 is 10.0 Å². The van der Waals surface area contributed by atoms with Gasteiger partial charge in [0.1, 0.15) is 10.6 Å². The van der Waals surface area contributed by atoms with E-state index in [1.807, 2.05) is 0 Å². The number of hydrogen-bond acceptors (Lipinski definition) is 3. The van der Waals surface area contributed by atoms with Crippen molar-refractivity contribution in [3.05, 3.63) is 18.0 Å². The zero-order valence-electron chi connectivity index (χ0n) is 15.6. The Morgan fingerprint density at radius 1 is 1.19 bits per heavy atom. The van der Waals surface area contributed by atoms with Crippen molar-refractivity contribution in [1.82, 2.24) is 14.6 Å². The molecule has 5 rings (SSSR count). The number of aryl methyl sites for hydroxylation is 1. The first-order valence-electron chi connectivity index (χ1n) is 9.68. The van der Waals surface area contributed by atoms with Gasteiger partial charge >= 0.3 is 0 Å². The van der Waals surface area contributed by atoms with Gasteiger partial charge in [-0.15, -0.1) is 0 Å². The molecule has 4 aliphatic carbocycles. The maximum atomic E-state index is 12.5. The molecule has 0 spiro atoms. The third-order valence-electron chi connectivity index (χ3n) is 6.90. The summed E-state index contributed by atoms with van der Waals surface area (Å²) < 4.78 is 27.7. The summed E-state index contributed by atoms with van der Waals surface area (Å²) in [7, 11) is -0.470. The number of nitrogens with one attached hydrogen (secondary N) is 2. The van der Waals surface area contributed by atoms with Crippen LogP contribution in [0.5, 0.6) is 0 Å². The average Bonchev–Trinajstić information content (AvgIpc) is 2.96. The monoisotopic (exact) mass is 379 g/mol. The third-order valence-corrected chi connectivity index (χ3v) is 8.28. The van der Waals surface area contributed by atoms with E-state index in [1.165, 1.54) is 57.8 Å². The fourth-order valence-electron chi connectivity index (χ4n) is 6.15. The van der Waals surface area contributed by atoms with Gasteiger partial charge in [-0.3, -0.25) is 4.79 Å². The fourth-order valence-corrected chi connectivity index (χ4v) is 6.95. The van der Waals surface area contributed by atoms with Crippen molar-refractivity contribution in [3.8, 4) is 0 Å². The summed E-state index contributed by atoms with van der Waals surface area (Å²) in [6.45, 7) is 0.671. The lowest BCUT2D eigenvalue weighted by Crippen LogP contribution is -2.47. The highest BCUT2D eigenvalue weighted by atomic mass is 32.2. The predicted octanol–water partition coefficient (Wildman–Crippen LogP) is 2.27. The Balaban J connectivity index is 1.38. The highest BCUT2D eigenvalue weighted by molar-refractivity contribution is 7.89. The van der Waals surface area contributed by atoms with E-state index in [2.05, 4.69) is 10.0 Å². The topological polar surface area (TPSA) is 80.2 Å². The molecule has 2 N–H and O–H groups in total. The summed E-state index contributed by atoms with van der Waals surface area (Å²) in [5.74, 6) is 2.55. The smallest absolute Gasteiger partial charge is 0.267 e. The molecule has 7 heteroatoms. The molecular weight excluding hydrogens is 350 g/mol. The minimum Gasteiger partial charge on any atom is -0.351 e. The van der Waals surface area contributed by atoms with Crippen LogP contribution in [0.4, 0.5) is 0 Å². The first kappa shape index (κ1) is 18.0. The number of hydrogen-bond donors (Lipinski definition) is 2. The van der Waals surface area contributed by atoms with Crippen LogP contribution in [0, 0.1) is 23.2 Å². The van der Waals surface area contributed by atoms with Crippen molar-refractivity contribution in [2.24, 2.45) is 30.2 Å². The zero-order valence-corrected chi connectivity index (χ0v) is 16.4. The molecule has 4 aliphatic rings. The summed E-state index contributed by atoms with van der Waals surface area (Å²) in [6, 6.07) is 1.44. The van der Waals surface area contributed by atoms with E-state index < -0.39 is 10.0 Å². The number of nitrogens with zero attached hydrogens (tertiary/aromatic N) is 1. The molecule has 1 aromatic heterocycles. The Hall–Kier alpha value is -1.34. The molecule has 4 fully saturated rings. The van der Waals surface area contributed by atoms with Crippen LogP contribution in [0.15, 0.2) is 17.2 Å². The van der Waals surface area contributed by atoms with Gasteiger partial charge in [-0.1, -0.05) is 0 Å². The Bertz CT molecular complexity index is 777. The highest BCUT2D eigenvalue weighted by Gasteiger charge is 2.50. The first-order valence-corrected chi connectivity index (χ1v) is 11.2. The Kier molecular flexibility index (Phi) is 4.42. The maximum absolute atomic E-state index is 12.5. The van der Waals surface area contributed by atoms with E-state index in [0.29, 0.717) is 17.7 Å². The minimum absolute atomic E-state index is 0.119. The summed E-state index contributed by atoms with van der Waals surface area (Å²) in [5.41, 5.74) is 0.820. The van der Waals surface area contributed by atoms with Gasteiger partial charge in [0.15, 0.2) is 0 Å². The zero-order chi connectivity index (χ0) is 18.5. The second-order valence-electron chi connectivity index (χ2n) is 8.80. The van der Waals surface area contributed by atoms with Crippen LogP contribution in [0.25, 0.3) is 0 Å². The molecule has 0 saturated heterocycles. The molecule has 0 unspecified atom stereocenters. The first-order chi connectivity index (χ1) is 12.3. The second-order valence-corrected chi connectivity index (χ2v) is 10.7. The quantitative estimate of drug-likeness (QED) is 0.796. The Morgan fingerprint density at radius 3 is 2.31 bits per heavy atom. The summed E-state index contributed by atoms with van der Waals surface area (Å²) in [5, 5.41) is 3.02. The van der Waals surface area contributed by atoms with E-state index in [1.54, 1.807) is 11.6 Å². The van der Waals surface area contributed by atoms with Gasteiger partial charge in [0.25, 0.3) is 5.91 Å². The van der Waals surface area contributed by atoms with Gasteiger partial charge in [-0.2, -0.15) is 0 Å². The number of aromatic nitrogens is 1. The standard InChI is InChI=1S/C19H29N3O3S/c1-20-26(24,25)16-8-17(22(2)12-16)18(23)21-4-3-19-9-13-5-14(10-19)7-15(6-13)11-19/h8,12-15,20H,3-7,9-11H2,1-2H3,(H,21,23). The van der Waals surface area contributed by atoms with E-state index in [-0.39, 0.29) is 10.8 Å². The molecule has 1 heterocycles. The van der Waals surface area contributed by atoms with Gasteiger partial charge < -0.3 is 9.88 Å². The summed E-state index contributed by atoms with van der Waals surface area (Å²) in [4.78, 5) is 12.7. The molecule has 1 aromatic rings. The lowest BCUT2D eigenvalue weighted by molar-refractivity contribution is -0.0564. The van der Waals surface area contributed by atoms with E-state index in [0.717, 1.165) is 24.2 Å². The molecule has 1 amide bonds. The molecule has 144 valence electrons. The lowest BCUT2D eigenvalue weighted by atomic mass is 9.49. The lowest BCUT2D eigenvalue weighted by Gasteiger charge is -2.57. The van der Waals surface area contributed by atoms with Crippen molar-refractivity contribution >= 4 is 15.9 Å². The summed E-state index contributed by atoms with van der Waals surface area (Å²) in [6.07, 6.45) is 10.8. The van der Waals surface area contributed by atoms with Gasteiger partial charge in [-0.05, 0) is 81.2 Å². The minimum atomic E-state index is -3.54.